The van der Waals surface area contributed by atoms with E-state index in [2.05, 4.69) is 103 Å². The molecule has 0 amide bonds. The lowest BCUT2D eigenvalue weighted by molar-refractivity contribution is 0.0971. The van der Waals surface area contributed by atoms with Crippen molar-refractivity contribution in [3.63, 3.8) is 0 Å². The van der Waals surface area contributed by atoms with Gasteiger partial charge in [-0.05, 0) is 71.7 Å². The van der Waals surface area contributed by atoms with Crippen molar-refractivity contribution in [1.82, 2.24) is 14.5 Å². The molecule has 1 fully saturated rings. The van der Waals surface area contributed by atoms with Gasteiger partial charge in [0.05, 0.1) is 11.7 Å². The largest absolute Gasteiger partial charge is 0.416 e. The van der Waals surface area contributed by atoms with Gasteiger partial charge in [-0.25, -0.2) is 9.97 Å². The van der Waals surface area contributed by atoms with E-state index in [1.165, 1.54) is 6.33 Å². The van der Waals surface area contributed by atoms with Gasteiger partial charge in [-0.3, -0.25) is 9.36 Å². The van der Waals surface area contributed by atoms with Gasteiger partial charge in [0.2, 0.25) is 8.32 Å². The Hall–Kier alpha value is -3.04. The second-order valence-corrected chi connectivity index (χ2v) is 25.9. The molecule has 1 aliphatic rings. The molecule has 0 radical (unpaired) electrons. The molecule has 2 aromatic heterocycles. The minimum atomic E-state index is -2.13. The number of aromatic nitrogens is 3. The van der Waals surface area contributed by atoms with Crippen LogP contribution in [0.25, 0.3) is 0 Å². The van der Waals surface area contributed by atoms with Gasteiger partial charge in [0.1, 0.15) is 12.1 Å². The van der Waals surface area contributed by atoms with Gasteiger partial charge in [0.15, 0.2) is 14.1 Å². The number of benzene rings is 1. The number of nitrogens with zero attached hydrogens (tertiary/aromatic N) is 3. The standard InChI is InChI=1S/C38H56N4O3Si2/c1-27(2)47(28(3)4,29(5)6)45-35-22-33(21-32(35)25-44-46(10,11)38(7,8)9)41-37-34(23-39-26-40-37)36(43)31-18-20-42(24-31)19-17-30-15-13-12-14-16-30/h12-16,18,20,23-24,26-29,32-33,35H,21-22,25H2,1-11H3,(H,39,40,41)/t32-,33-,35+/m1/s1. The summed E-state index contributed by atoms with van der Waals surface area (Å²) in [5.41, 5.74) is 3.39. The van der Waals surface area contributed by atoms with E-state index < -0.39 is 16.6 Å². The summed E-state index contributed by atoms with van der Waals surface area (Å²) in [6.45, 7) is 26.3. The minimum Gasteiger partial charge on any atom is -0.416 e. The van der Waals surface area contributed by atoms with Gasteiger partial charge in [-0.1, -0.05) is 80.5 Å². The van der Waals surface area contributed by atoms with Crippen molar-refractivity contribution in [3.8, 4) is 12.0 Å². The Balaban J connectivity index is 1.57. The van der Waals surface area contributed by atoms with Crippen LogP contribution >= 0.6 is 0 Å². The van der Waals surface area contributed by atoms with Gasteiger partial charge >= 0.3 is 0 Å². The highest BCUT2D eigenvalue weighted by Crippen LogP contribution is 2.46. The topological polar surface area (TPSA) is 78.3 Å². The number of hydrogen-bond donors (Lipinski definition) is 1. The molecule has 2 heterocycles. The fourth-order valence-corrected chi connectivity index (χ4v) is 13.6. The van der Waals surface area contributed by atoms with E-state index >= 15 is 0 Å². The van der Waals surface area contributed by atoms with Crippen LogP contribution < -0.4 is 5.32 Å². The molecule has 1 saturated carbocycles. The fourth-order valence-electron chi connectivity index (χ4n) is 6.94. The van der Waals surface area contributed by atoms with Crippen molar-refractivity contribution in [2.24, 2.45) is 5.92 Å². The maximum absolute atomic E-state index is 13.8. The first kappa shape index (κ1) is 36.8. The van der Waals surface area contributed by atoms with Crippen LogP contribution in [-0.2, 0) is 8.85 Å². The smallest absolute Gasteiger partial charge is 0.200 e. The first-order valence-electron chi connectivity index (χ1n) is 17.2. The Morgan fingerprint density at radius 2 is 1.68 bits per heavy atom. The summed E-state index contributed by atoms with van der Waals surface area (Å²) >= 11 is 0. The minimum absolute atomic E-state index is 0.0781. The van der Waals surface area contributed by atoms with E-state index in [1.807, 2.05) is 30.3 Å². The molecule has 1 aliphatic carbocycles. The zero-order valence-electron chi connectivity index (χ0n) is 30.4. The molecular formula is C38H56N4O3Si2. The average molecular weight is 673 g/mol. The molecule has 3 atom stereocenters. The fraction of sp³-hybridized carbons (Fsp3) is 0.553. The van der Waals surface area contributed by atoms with Crippen LogP contribution in [0, 0.1) is 17.9 Å². The molecule has 7 nitrogen and oxygen atoms in total. The first-order valence-corrected chi connectivity index (χ1v) is 22.3. The lowest BCUT2D eigenvalue weighted by Gasteiger charge is -2.45. The van der Waals surface area contributed by atoms with Crippen molar-refractivity contribution in [3.05, 3.63) is 78.0 Å². The zero-order chi connectivity index (χ0) is 34.6. The number of rotatable bonds is 12. The van der Waals surface area contributed by atoms with E-state index in [1.54, 1.807) is 29.2 Å². The van der Waals surface area contributed by atoms with Crippen molar-refractivity contribution in [2.75, 3.05) is 11.9 Å². The van der Waals surface area contributed by atoms with E-state index in [9.17, 15) is 4.79 Å². The third-order valence-corrected chi connectivity index (χ3v) is 21.1. The van der Waals surface area contributed by atoms with E-state index in [0.717, 1.165) is 18.4 Å². The summed E-state index contributed by atoms with van der Waals surface area (Å²) in [7, 11) is -4.08. The molecule has 4 rings (SSSR count). The van der Waals surface area contributed by atoms with Crippen LogP contribution in [0.1, 0.15) is 96.6 Å². The molecule has 0 aliphatic heterocycles. The Labute approximate surface area is 285 Å². The monoisotopic (exact) mass is 672 g/mol. The Kier molecular flexibility index (Phi) is 11.8. The highest BCUT2D eigenvalue weighted by Gasteiger charge is 2.50. The van der Waals surface area contributed by atoms with Crippen LogP contribution in [0.5, 0.6) is 0 Å². The summed E-state index contributed by atoms with van der Waals surface area (Å²) in [5, 5.41) is 3.79. The third-order valence-electron chi connectivity index (χ3n) is 10.5. The summed E-state index contributed by atoms with van der Waals surface area (Å²) in [6, 6.07) is 14.8. The lowest BCUT2D eigenvalue weighted by atomic mass is 10.1. The molecule has 0 saturated heterocycles. The van der Waals surface area contributed by atoms with Crippen LogP contribution in [0.3, 0.4) is 0 Å². The molecule has 1 aromatic carbocycles. The van der Waals surface area contributed by atoms with Crippen LogP contribution in [0.15, 0.2) is 61.3 Å². The average Bonchev–Trinajstić information content (AvgIpc) is 3.64. The maximum Gasteiger partial charge on any atom is 0.200 e. The quantitative estimate of drug-likeness (QED) is 0.117. The Morgan fingerprint density at radius 3 is 2.30 bits per heavy atom. The van der Waals surface area contributed by atoms with Crippen LogP contribution in [0.2, 0.25) is 34.8 Å². The molecule has 1 N–H and O–H groups in total. The van der Waals surface area contributed by atoms with Gasteiger partial charge in [-0.2, -0.15) is 0 Å². The number of ketones is 1. The number of hydrogen-bond acceptors (Lipinski definition) is 6. The number of carbonyl (C=O) groups is 1. The summed E-state index contributed by atoms with van der Waals surface area (Å²) in [5.74, 6) is 3.81. The molecular weight excluding hydrogens is 617 g/mol. The summed E-state index contributed by atoms with van der Waals surface area (Å²) < 4.78 is 16.0. The Morgan fingerprint density at radius 1 is 1.02 bits per heavy atom. The SMILES string of the molecule is CC(C)[Si](O[C@H]1C[C@H](Nc2ncncc2C(=O)c2ccn(C#Cc3ccccc3)c2)C[C@@H]1CO[Si](C)(C)C(C)(C)C)(C(C)C)C(C)C. The number of nitrogens with one attached hydrogen (secondary N) is 1. The maximum atomic E-state index is 13.8. The van der Waals surface area contributed by atoms with Crippen molar-refractivity contribution >= 4 is 28.2 Å². The van der Waals surface area contributed by atoms with E-state index in [0.29, 0.717) is 40.2 Å². The van der Waals surface area contributed by atoms with Gasteiger partial charge in [-0.15, -0.1) is 0 Å². The molecule has 3 aromatic rings. The normalized spacial score (nSPS) is 18.9. The number of anilines is 1. The predicted octanol–water partition coefficient (Wildman–Crippen LogP) is 9.14. The van der Waals surface area contributed by atoms with E-state index in [-0.39, 0.29) is 28.9 Å². The summed E-state index contributed by atoms with van der Waals surface area (Å²) in [4.78, 5) is 22.5. The highest BCUT2D eigenvalue weighted by atomic mass is 28.4. The molecule has 47 heavy (non-hydrogen) atoms. The van der Waals surface area contributed by atoms with Crippen molar-refractivity contribution < 1.29 is 13.6 Å². The molecule has 9 heteroatoms. The van der Waals surface area contributed by atoms with Crippen LogP contribution in [-0.4, -0.2) is 55.7 Å². The molecule has 0 bridgehead atoms. The van der Waals surface area contributed by atoms with Crippen molar-refractivity contribution in [2.45, 2.75) is 122 Å². The lowest BCUT2D eigenvalue weighted by Crippen LogP contribution is -2.51. The molecule has 0 unspecified atom stereocenters. The van der Waals surface area contributed by atoms with Gasteiger partial charge < -0.3 is 14.2 Å². The Bertz CT molecular complexity index is 1530. The first-order chi connectivity index (χ1) is 22.0. The number of carbonyl (C=O) groups excluding carboxylic acids is 1. The van der Waals surface area contributed by atoms with E-state index in [4.69, 9.17) is 8.85 Å². The predicted molar refractivity (Wildman–Crippen MR) is 198 cm³/mol. The second-order valence-electron chi connectivity index (χ2n) is 15.6. The highest BCUT2D eigenvalue weighted by molar-refractivity contribution is 6.77. The second kappa shape index (κ2) is 15.0. The molecule has 0 spiro atoms. The van der Waals surface area contributed by atoms with Gasteiger partial charge in [0, 0.05) is 54.3 Å². The zero-order valence-corrected chi connectivity index (χ0v) is 32.4. The molecule has 254 valence electrons. The summed E-state index contributed by atoms with van der Waals surface area (Å²) in [6.07, 6.45) is 8.49. The van der Waals surface area contributed by atoms with Crippen molar-refractivity contribution in [1.29, 1.82) is 0 Å². The third kappa shape index (κ3) is 8.52. The van der Waals surface area contributed by atoms with Gasteiger partial charge in [0.25, 0.3) is 0 Å². The van der Waals surface area contributed by atoms with Crippen LogP contribution in [0.4, 0.5) is 5.82 Å².